The number of hydrogen-bond acceptors (Lipinski definition) is 8. The van der Waals surface area contributed by atoms with Crippen LogP contribution in [-0.4, -0.2) is 69.0 Å². The van der Waals surface area contributed by atoms with Crippen LogP contribution in [0.2, 0.25) is 0 Å². The fraction of sp³-hybridized carbons (Fsp3) is 0.385. The number of fused-ring (bicyclic) bond motifs is 1. The maximum Gasteiger partial charge on any atom is 0.446 e. The molecule has 1 aromatic heterocycles. The first-order valence-corrected chi connectivity index (χ1v) is 13.0. The summed E-state index contributed by atoms with van der Waals surface area (Å²) in [6.45, 7) is 0.948. The number of para-hydroxylation sites is 1. The van der Waals surface area contributed by atoms with Gasteiger partial charge in [-0.05, 0) is 49.5 Å². The Kier molecular flexibility index (Phi) is 8.90. The van der Waals surface area contributed by atoms with Gasteiger partial charge in [0.1, 0.15) is 19.0 Å². The van der Waals surface area contributed by atoms with Crippen molar-refractivity contribution in [3.05, 3.63) is 53.3 Å². The number of nitrogens with zero attached hydrogens (tertiary/aromatic N) is 2. The van der Waals surface area contributed by atoms with Gasteiger partial charge in [-0.15, -0.1) is 0 Å². The Labute approximate surface area is 227 Å². The Bertz CT molecular complexity index is 1350. The monoisotopic (exact) mass is 567 g/mol. The molecule has 3 aromatic rings. The van der Waals surface area contributed by atoms with Crippen molar-refractivity contribution in [2.75, 3.05) is 44.9 Å². The lowest BCUT2D eigenvalue weighted by Crippen LogP contribution is -2.46. The Morgan fingerprint density at radius 3 is 2.74 bits per heavy atom. The molecule has 8 nitrogen and oxygen atoms in total. The molecule has 0 aliphatic carbocycles. The maximum atomic E-state index is 14.6. The highest BCUT2D eigenvalue weighted by molar-refractivity contribution is 8.00. The largest absolute Gasteiger partial charge is 0.452 e. The van der Waals surface area contributed by atoms with Crippen LogP contribution >= 0.6 is 11.8 Å². The van der Waals surface area contributed by atoms with Crippen LogP contribution < -0.4 is 16.0 Å². The van der Waals surface area contributed by atoms with E-state index in [1.54, 1.807) is 37.4 Å². The molecule has 0 bridgehead atoms. The number of nitrogens with one attached hydrogen (secondary N) is 3. The standard InChI is InChI=1S/C26H29F4N5O3S/c1-31-21-11-15(25(36)32-2)7-8-16(21)14-37-33-12-22-24(39-26(28,29)30)17-5-4-6-20(23(17)38-22)34-19-9-10-35(3)13-18(19)27/h4-8,11-12,18-19,31,34H,9-10,13-14H2,1-3H3,(H,32,36)/b33-12+/t18-,19+/m0/s1. The van der Waals surface area contributed by atoms with E-state index in [2.05, 4.69) is 21.1 Å². The third-order valence-corrected chi connectivity index (χ3v) is 7.19. The maximum absolute atomic E-state index is 14.6. The topological polar surface area (TPSA) is 91.1 Å². The van der Waals surface area contributed by atoms with Crippen molar-refractivity contribution in [3.63, 3.8) is 0 Å². The molecule has 2 heterocycles. The fourth-order valence-electron chi connectivity index (χ4n) is 4.37. The second-order valence-corrected chi connectivity index (χ2v) is 10.1. The SMILES string of the molecule is CNC(=O)c1ccc(CO/N=C/c2oc3c(N[C@@H]4CCN(C)C[C@@H]4F)cccc3c2SC(F)(F)F)c(NC)c1. The summed E-state index contributed by atoms with van der Waals surface area (Å²) in [4.78, 5) is 18.9. The molecule has 13 heteroatoms. The van der Waals surface area contributed by atoms with Gasteiger partial charge in [-0.1, -0.05) is 17.3 Å². The smallest absolute Gasteiger partial charge is 0.446 e. The predicted molar refractivity (Wildman–Crippen MR) is 144 cm³/mol. The number of alkyl halides is 4. The van der Waals surface area contributed by atoms with Crippen LogP contribution in [0.5, 0.6) is 0 Å². The molecule has 2 atom stereocenters. The molecule has 1 saturated heterocycles. The van der Waals surface area contributed by atoms with Gasteiger partial charge in [0.05, 0.1) is 16.6 Å². The summed E-state index contributed by atoms with van der Waals surface area (Å²) in [5.41, 5.74) is -2.21. The normalized spacial score (nSPS) is 18.4. The van der Waals surface area contributed by atoms with Crippen LogP contribution in [0.1, 0.15) is 28.1 Å². The summed E-state index contributed by atoms with van der Waals surface area (Å²) >= 11 is -0.311. The molecule has 2 aromatic carbocycles. The highest BCUT2D eigenvalue weighted by Crippen LogP contribution is 2.44. The van der Waals surface area contributed by atoms with E-state index in [4.69, 9.17) is 9.25 Å². The predicted octanol–water partition coefficient (Wildman–Crippen LogP) is 5.45. The van der Waals surface area contributed by atoms with Crippen LogP contribution in [0, 0.1) is 0 Å². The Hall–Kier alpha value is -3.45. The van der Waals surface area contributed by atoms with E-state index in [9.17, 15) is 22.4 Å². The molecule has 0 unspecified atom stereocenters. The fourth-order valence-corrected chi connectivity index (χ4v) is 5.06. The van der Waals surface area contributed by atoms with Gasteiger partial charge in [0, 0.05) is 49.4 Å². The number of oxime groups is 1. The molecule has 0 radical (unpaired) electrons. The third-order valence-electron chi connectivity index (χ3n) is 6.33. The number of halogens is 4. The second kappa shape index (κ2) is 12.2. The number of benzene rings is 2. The molecule has 1 aliphatic rings. The Balaban J connectivity index is 1.57. The van der Waals surface area contributed by atoms with Crippen LogP contribution in [0.3, 0.4) is 0 Å². The number of carbonyl (C=O) groups excluding carboxylic acids is 1. The zero-order chi connectivity index (χ0) is 28.2. The summed E-state index contributed by atoms with van der Waals surface area (Å²) in [6, 6.07) is 9.24. The van der Waals surface area contributed by atoms with Crippen molar-refractivity contribution in [2.45, 2.75) is 35.6 Å². The first-order chi connectivity index (χ1) is 18.6. The lowest BCUT2D eigenvalue weighted by Gasteiger charge is -2.33. The molecule has 0 spiro atoms. The average Bonchev–Trinajstić information content (AvgIpc) is 3.24. The summed E-state index contributed by atoms with van der Waals surface area (Å²) in [5, 5.41) is 12.7. The van der Waals surface area contributed by atoms with E-state index in [1.165, 1.54) is 13.1 Å². The molecule has 1 aliphatic heterocycles. The van der Waals surface area contributed by atoms with Gasteiger partial charge < -0.3 is 30.1 Å². The van der Waals surface area contributed by atoms with Gasteiger partial charge in [0.25, 0.3) is 5.91 Å². The van der Waals surface area contributed by atoms with E-state index in [0.717, 1.165) is 6.21 Å². The van der Waals surface area contributed by atoms with Crippen molar-refractivity contribution in [2.24, 2.45) is 5.16 Å². The Morgan fingerprint density at radius 1 is 1.26 bits per heavy atom. The van der Waals surface area contributed by atoms with Crippen LogP contribution in [-0.2, 0) is 11.4 Å². The average molecular weight is 568 g/mol. The van der Waals surface area contributed by atoms with Crippen molar-refractivity contribution < 1.29 is 31.6 Å². The molecule has 1 amide bonds. The summed E-state index contributed by atoms with van der Waals surface area (Å²) < 4.78 is 60.8. The minimum absolute atomic E-state index is 0.0104. The second-order valence-electron chi connectivity index (χ2n) is 9.05. The summed E-state index contributed by atoms with van der Waals surface area (Å²) in [6.07, 6.45) is 0.490. The molecule has 1 fully saturated rings. The van der Waals surface area contributed by atoms with Crippen LogP contribution in [0.4, 0.5) is 28.9 Å². The number of piperidine rings is 1. The number of anilines is 2. The van der Waals surface area contributed by atoms with Crippen LogP contribution in [0.25, 0.3) is 11.0 Å². The first kappa shape index (κ1) is 28.6. The number of hydrogen-bond donors (Lipinski definition) is 3. The zero-order valence-electron chi connectivity index (χ0n) is 21.6. The number of thioether (sulfide) groups is 1. The first-order valence-electron chi connectivity index (χ1n) is 12.2. The number of amides is 1. The van der Waals surface area contributed by atoms with Gasteiger partial charge in [-0.3, -0.25) is 4.79 Å². The lowest BCUT2D eigenvalue weighted by molar-refractivity contribution is -0.0328. The van der Waals surface area contributed by atoms with Gasteiger partial charge >= 0.3 is 5.51 Å². The highest BCUT2D eigenvalue weighted by atomic mass is 32.2. The number of carbonyl (C=O) groups is 1. The molecule has 3 N–H and O–H groups in total. The lowest BCUT2D eigenvalue weighted by atomic mass is 10.0. The molecule has 210 valence electrons. The third kappa shape index (κ3) is 6.95. The molecule has 0 saturated carbocycles. The zero-order valence-corrected chi connectivity index (χ0v) is 22.4. The Morgan fingerprint density at radius 2 is 2.05 bits per heavy atom. The van der Waals surface area contributed by atoms with Gasteiger partial charge in [-0.25, -0.2) is 4.39 Å². The van der Waals surface area contributed by atoms with E-state index in [1.807, 2.05) is 11.9 Å². The molecular formula is C26H29F4N5O3S. The van der Waals surface area contributed by atoms with E-state index in [0.29, 0.717) is 35.5 Å². The van der Waals surface area contributed by atoms with Crippen LogP contribution in [0.15, 0.2) is 50.9 Å². The highest BCUT2D eigenvalue weighted by Gasteiger charge is 2.34. The summed E-state index contributed by atoms with van der Waals surface area (Å²) in [5.74, 6) is -0.381. The number of likely N-dealkylation sites (tertiary alicyclic amines) is 1. The minimum Gasteiger partial charge on any atom is -0.452 e. The number of furan rings is 1. The van der Waals surface area contributed by atoms with Crippen molar-refractivity contribution in [1.29, 1.82) is 0 Å². The van der Waals surface area contributed by atoms with E-state index < -0.39 is 17.7 Å². The van der Waals surface area contributed by atoms with Crippen molar-refractivity contribution in [1.82, 2.24) is 10.2 Å². The van der Waals surface area contributed by atoms with Crippen molar-refractivity contribution >= 4 is 46.2 Å². The molecule has 4 rings (SSSR count). The van der Waals surface area contributed by atoms with E-state index >= 15 is 0 Å². The minimum atomic E-state index is -4.57. The van der Waals surface area contributed by atoms with Crippen molar-refractivity contribution in [3.8, 4) is 0 Å². The van der Waals surface area contributed by atoms with Gasteiger partial charge in [0.2, 0.25) is 0 Å². The molecule has 39 heavy (non-hydrogen) atoms. The quantitative estimate of drug-likeness (QED) is 0.137. The summed E-state index contributed by atoms with van der Waals surface area (Å²) in [7, 11) is 5.05. The van der Waals surface area contributed by atoms with Gasteiger partial charge in [0.15, 0.2) is 11.3 Å². The van der Waals surface area contributed by atoms with E-state index in [-0.39, 0.29) is 52.4 Å². The number of rotatable bonds is 9. The molecular weight excluding hydrogens is 538 g/mol. The van der Waals surface area contributed by atoms with Gasteiger partial charge in [-0.2, -0.15) is 13.2 Å².